The van der Waals surface area contributed by atoms with Crippen LogP contribution in [0.4, 0.5) is 0 Å². The third kappa shape index (κ3) is 7.06. The fraction of sp³-hybridized carbons (Fsp3) is 0.731. The van der Waals surface area contributed by atoms with Crippen molar-refractivity contribution in [2.45, 2.75) is 109 Å². The lowest BCUT2D eigenvalue weighted by atomic mass is 9.85. The van der Waals surface area contributed by atoms with E-state index in [0.29, 0.717) is 12.8 Å². The number of halogens is 1. The summed E-state index contributed by atoms with van der Waals surface area (Å²) < 4.78 is 16.6. The zero-order valence-electron chi connectivity index (χ0n) is 22.0. The summed E-state index contributed by atoms with van der Waals surface area (Å²) in [7, 11) is -4.17. The van der Waals surface area contributed by atoms with Gasteiger partial charge in [0.2, 0.25) is 0 Å². The van der Waals surface area contributed by atoms with Gasteiger partial charge < -0.3 is 13.6 Å². The molecule has 0 saturated heterocycles. The predicted octanol–water partition coefficient (Wildman–Crippen LogP) is 7.34. The molecule has 4 atom stereocenters. The Morgan fingerprint density at radius 3 is 2.00 bits per heavy atom. The number of hydrogen-bond donors (Lipinski definition) is 0. The van der Waals surface area contributed by atoms with Crippen molar-refractivity contribution in [3.63, 3.8) is 0 Å². The van der Waals surface area contributed by atoms with Gasteiger partial charge >= 0.3 is 0 Å². The summed E-state index contributed by atoms with van der Waals surface area (Å²) >= 11 is 2.01. The van der Waals surface area contributed by atoms with Crippen LogP contribution in [-0.4, -0.2) is 34.6 Å². The molecule has 32 heavy (non-hydrogen) atoms. The summed E-state index contributed by atoms with van der Waals surface area (Å²) in [5.41, 5.74) is -0.851. The first-order chi connectivity index (χ1) is 14.4. The highest BCUT2D eigenvalue weighted by Crippen LogP contribution is 2.51. The highest BCUT2D eigenvalue weighted by atomic mass is 127. The lowest BCUT2D eigenvalue weighted by Crippen LogP contribution is -2.53. The number of carbonyl (C=O) groups excluding carboxylic acids is 1. The molecule has 0 spiro atoms. The van der Waals surface area contributed by atoms with Crippen molar-refractivity contribution in [1.82, 2.24) is 0 Å². The van der Waals surface area contributed by atoms with Crippen molar-refractivity contribution in [3.8, 4) is 21.7 Å². The van der Waals surface area contributed by atoms with Crippen molar-refractivity contribution >= 4 is 45.5 Å². The van der Waals surface area contributed by atoms with Gasteiger partial charge in [0, 0.05) is 41.4 Å². The monoisotopic (exact) mass is 586 g/mol. The van der Waals surface area contributed by atoms with Crippen molar-refractivity contribution in [2.24, 2.45) is 11.8 Å². The maximum atomic E-state index is 12.7. The van der Waals surface area contributed by atoms with E-state index in [1.807, 2.05) is 22.6 Å². The first kappa shape index (κ1) is 29.6. The third-order valence-electron chi connectivity index (χ3n) is 7.80. The summed E-state index contributed by atoms with van der Waals surface area (Å²) in [6, 6.07) is 0. The van der Waals surface area contributed by atoms with E-state index in [1.165, 1.54) is 0 Å². The van der Waals surface area contributed by atoms with E-state index in [9.17, 15) is 4.79 Å². The molecule has 0 heterocycles. The van der Waals surface area contributed by atoms with Crippen molar-refractivity contribution in [2.75, 3.05) is 0 Å². The number of aldehydes is 1. The van der Waals surface area contributed by atoms with E-state index >= 15 is 0 Å². The molecule has 0 N–H and O–H groups in total. The molecule has 0 aromatic heterocycles. The topological polar surface area (TPSA) is 35.5 Å². The average molecular weight is 587 g/mol. The van der Waals surface area contributed by atoms with Gasteiger partial charge in [-0.05, 0) is 58.3 Å². The SMILES string of the molecule is C[C@@H]1[C@@H](O[Si](C)(C)C(C)(C)C)C[C@@](C=O)(O[Si](C)(C)C(C)(C)C)[C@H]1CC#C/C=C\C#CI. The van der Waals surface area contributed by atoms with Gasteiger partial charge in [0.25, 0.3) is 0 Å². The second kappa shape index (κ2) is 10.9. The molecular formula is C26H43IO3Si2. The second-order valence-electron chi connectivity index (χ2n) is 12.1. The number of allylic oxidation sites excluding steroid dienone is 2. The molecule has 0 radical (unpaired) electrons. The van der Waals surface area contributed by atoms with E-state index < -0.39 is 22.2 Å². The van der Waals surface area contributed by atoms with Gasteiger partial charge in [-0.2, -0.15) is 0 Å². The summed E-state index contributed by atoms with van der Waals surface area (Å²) in [5.74, 6) is 9.41. The van der Waals surface area contributed by atoms with Crippen LogP contribution in [0.1, 0.15) is 61.3 Å². The minimum Gasteiger partial charge on any atom is -0.414 e. The van der Waals surface area contributed by atoms with Crippen LogP contribution in [0.15, 0.2) is 12.2 Å². The summed E-state index contributed by atoms with van der Waals surface area (Å²) in [4.78, 5) is 12.7. The Bertz CT molecular complexity index is 812. The Balaban J connectivity index is 3.36. The minimum absolute atomic E-state index is 0.000419. The fourth-order valence-corrected chi connectivity index (χ4v) is 6.79. The number of carbonyl (C=O) groups is 1. The Hall–Kier alpha value is -0.386. The number of hydrogen-bond acceptors (Lipinski definition) is 3. The van der Waals surface area contributed by atoms with Gasteiger partial charge in [-0.15, -0.1) is 0 Å². The van der Waals surface area contributed by atoms with Gasteiger partial charge in [0.1, 0.15) is 5.60 Å². The van der Waals surface area contributed by atoms with Crippen molar-refractivity contribution in [1.29, 1.82) is 0 Å². The van der Waals surface area contributed by atoms with Gasteiger partial charge in [0.05, 0.1) is 6.10 Å². The smallest absolute Gasteiger partial charge is 0.193 e. The maximum Gasteiger partial charge on any atom is 0.193 e. The standard InChI is InChI=1S/C26H43IO3Si2/c1-21-22(17-15-13-12-14-16-18-27)26(20-28,30-32(10,11)25(5,6)7)19-23(21)29-31(8,9)24(2,3)4/h12,14,20-23H,17,19H2,1-11H3/b14-12-/t21-,22-,23-,26-/m0/s1. The Kier molecular flexibility index (Phi) is 10.1. The van der Waals surface area contributed by atoms with E-state index in [4.69, 9.17) is 8.85 Å². The largest absolute Gasteiger partial charge is 0.414 e. The molecule has 0 aromatic rings. The van der Waals surface area contributed by atoms with E-state index in [-0.39, 0.29) is 28.0 Å². The zero-order chi connectivity index (χ0) is 25.0. The van der Waals surface area contributed by atoms with Crippen LogP contribution in [-0.2, 0) is 13.6 Å². The molecule has 1 saturated carbocycles. The molecular weight excluding hydrogens is 543 g/mol. The second-order valence-corrected chi connectivity index (χ2v) is 22.1. The summed E-state index contributed by atoms with van der Waals surface area (Å²) in [5, 5.41) is 0.126. The van der Waals surface area contributed by atoms with Crippen molar-refractivity contribution in [3.05, 3.63) is 12.2 Å². The fourth-order valence-electron chi connectivity index (χ4n) is 3.67. The number of rotatable bonds is 6. The molecule has 0 amide bonds. The Labute approximate surface area is 213 Å². The quantitative estimate of drug-likeness (QED) is 0.141. The zero-order valence-corrected chi connectivity index (χ0v) is 26.1. The van der Waals surface area contributed by atoms with Crippen LogP contribution >= 0.6 is 22.6 Å². The first-order valence-electron chi connectivity index (χ1n) is 11.5. The lowest BCUT2D eigenvalue weighted by Gasteiger charge is -2.44. The highest BCUT2D eigenvalue weighted by Gasteiger charge is 2.58. The molecule has 1 aliphatic rings. The molecule has 0 unspecified atom stereocenters. The Morgan fingerprint density at radius 1 is 1.00 bits per heavy atom. The van der Waals surface area contributed by atoms with Crippen molar-refractivity contribution < 1.29 is 13.6 Å². The molecule has 1 fully saturated rings. The van der Waals surface area contributed by atoms with Crippen LogP contribution < -0.4 is 0 Å². The van der Waals surface area contributed by atoms with E-state index in [1.54, 1.807) is 12.2 Å². The van der Waals surface area contributed by atoms with Crippen LogP contribution in [0.25, 0.3) is 0 Å². The molecule has 3 nitrogen and oxygen atoms in total. The summed E-state index contributed by atoms with van der Waals surface area (Å²) in [6.07, 6.45) is 5.81. The maximum absolute atomic E-state index is 12.7. The van der Waals surface area contributed by atoms with Gasteiger partial charge in [-0.3, -0.25) is 0 Å². The molecule has 1 rings (SSSR count). The first-order valence-corrected chi connectivity index (χ1v) is 18.4. The van der Waals surface area contributed by atoms with Gasteiger partial charge in [0.15, 0.2) is 22.9 Å². The van der Waals surface area contributed by atoms with Crippen LogP contribution in [0, 0.1) is 33.5 Å². The molecule has 180 valence electrons. The van der Waals surface area contributed by atoms with Crippen LogP contribution in [0.2, 0.25) is 36.3 Å². The van der Waals surface area contributed by atoms with Crippen LogP contribution in [0.5, 0.6) is 0 Å². The van der Waals surface area contributed by atoms with Gasteiger partial charge in [-0.1, -0.05) is 66.2 Å². The Morgan fingerprint density at radius 2 is 1.53 bits per heavy atom. The van der Waals surface area contributed by atoms with Crippen LogP contribution in [0.3, 0.4) is 0 Å². The third-order valence-corrected chi connectivity index (χ3v) is 17.1. The van der Waals surface area contributed by atoms with E-state index in [2.05, 4.69) is 96.3 Å². The average Bonchev–Trinajstić information content (AvgIpc) is 2.87. The lowest BCUT2D eigenvalue weighted by molar-refractivity contribution is -0.126. The molecule has 6 heteroatoms. The molecule has 0 bridgehead atoms. The normalized spacial score (nSPS) is 26.9. The predicted molar refractivity (Wildman–Crippen MR) is 150 cm³/mol. The highest BCUT2D eigenvalue weighted by molar-refractivity contribution is 14.1. The van der Waals surface area contributed by atoms with Gasteiger partial charge in [-0.25, -0.2) is 0 Å². The summed E-state index contributed by atoms with van der Waals surface area (Å²) in [6.45, 7) is 24.6. The minimum atomic E-state index is -2.18. The van der Waals surface area contributed by atoms with E-state index in [0.717, 1.165) is 6.29 Å². The molecule has 0 aliphatic heterocycles. The molecule has 1 aliphatic carbocycles. The molecule has 0 aromatic carbocycles.